The van der Waals surface area contributed by atoms with Gasteiger partial charge in [0.1, 0.15) is 12.3 Å². The highest BCUT2D eigenvalue weighted by Gasteiger charge is 2.40. The molecule has 1 saturated heterocycles. The van der Waals surface area contributed by atoms with Gasteiger partial charge in [-0.3, -0.25) is 9.59 Å². The van der Waals surface area contributed by atoms with Gasteiger partial charge < -0.3 is 41.0 Å². The van der Waals surface area contributed by atoms with Crippen LogP contribution in [-0.2, 0) is 19.1 Å². The second kappa shape index (κ2) is 11.9. The van der Waals surface area contributed by atoms with Crippen molar-refractivity contribution in [2.45, 2.75) is 56.9 Å². The summed E-state index contributed by atoms with van der Waals surface area (Å²) in [5, 5.41) is 25.4. The van der Waals surface area contributed by atoms with E-state index in [0.29, 0.717) is 13.1 Å². The predicted octanol–water partition coefficient (Wildman–Crippen LogP) is -1.11. The van der Waals surface area contributed by atoms with Gasteiger partial charge in [0.25, 0.3) is 5.91 Å². The minimum absolute atomic E-state index is 0.196. The van der Waals surface area contributed by atoms with Crippen LogP contribution in [0.2, 0.25) is 0 Å². The summed E-state index contributed by atoms with van der Waals surface area (Å²) in [6.07, 6.45) is 5.04. The minimum atomic E-state index is -1.29. The molecule has 0 bridgehead atoms. The number of nitrogens with one attached hydrogen (secondary N) is 2. The molecule has 2 amide bonds. The van der Waals surface area contributed by atoms with E-state index in [-0.39, 0.29) is 24.5 Å². The summed E-state index contributed by atoms with van der Waals surface area (Å²) >= 11 is 0. The van der Waals surface area contributed by atoms with E-state index in [1.54, 1.807) is 0 Å². The molecule has 164 valence electrons. The summed E-state index contributed by atoms with van der Waals surface area (Å²) in [6, 6.07) is 0. The normalized spacial score (nSPS) is 27.2. The minimum Gasteiger partial charge on any atom is -0.390 e. The smallest absolute Gasteiger partial charge is 0.256 e. The second-order valence-electron chi connectivity index (χ2n) is 7.09. The number of carbonyl (C=O) groups excluding carboxylic acids is 2. The first-order valence-electron chi connectivity index (χ1n) is 9.93. The van der Waals surface area contributed by atoms with Crippen LogP contribution < -0.4 is 16.4 Å². The van der Waals surface area contributed by atoms with Crippen molar-refractivity contribution in [3.05, 3.63) is 23.9 Å². The van der Waals surface area contributed by atoms with Crippen LogP contribution in [0, 0.1) is 0 Å². The number of ether oxygens (including phenoxy) is 2. The first-order chi connectivity index (χ1) is 14.0. The van der Waals surface area contributed by atoms with E-state index in [4.69, 9.17) is 15.2 Å². The molecule has 1 fully saturated rings. The van der Waals surface area contributed by atoms with Crippen molar-refractivity contribution in [1.82, 2.24) is 15.5 Å². The molecule has 0 aromatic carbocycles. The van der Waals surface area contributed by atoms with Gasteiger partial charge in [0.05, 0.1) is 18.3 Å². The number of hydrogen-bond donors (Lipinski definition) is 5. The Labute approximate surface area is 170 Å². The van der Waals surface area contributed by atoms with Gasteiger partial charge in [-0.1, -0.05) is 12.8 Å². The molecule has 2 heterocycles. The second-order valence-corrected chi connectivity index (χ2v) is 7.09. The Balaban J connectivity index is 1.90. The van der Waals surface area contributed by atoms with Crippen LogP contribution in [0.3, 0.4) is 0 Å². The van der Waals surface area contributed by atoms with Crippen molar-refractivity contribution < 1.29 is 29.3 Å². The number of rotatable bonds is 11. The van der Waals surface area contributed by atoms with Gasteiger partial charge in [0, 0.05) is 32.4 Å². The van der Waals surface area contributed by atoms with E-state index in [9.17, 15) is 19.8 Å². The van der Waals surface area contributed by atoms with Gasteiger partial charge in [-0.15, -0.1) is 0 Å². The number of aliphatic hydroxyl groups is 2. The van der Waals surface area contributed by atoms with Crippen molar-refractivity contribution in [3.8, 4) is 0 Å². The third kappa shape index (κ3) is 7.09. The number of carbonyl (C=O) groups is 2. The van der Waals surface area contributed by atoms with E-state index in [1.165, 1.54) is 30.4 Å². The monoisotopic (exact) mass is 412 g/mol. The number of amides is 2. The lowest BCUT2D eigenvalue weighted by atomic mass is 10.1. The quantitative estimate of drug-likeness (QED) is 0.212. The molecule has 0 radical (unpaired) electrons. The van der Waals surface area contributed by atoms with Gasteiger partial charge >= 0.3 is 0 Å². The Morgan fingerprint density at radius 1 is 1.41 bits per heavy atom. The molecule has 0 saturated carbocycles. The largest absolute Gasteiger partial charge is 0.390 e. The third-order valence-corrected chi connectivity index (χ3v) is 4.80. The van der Waals surface area contributed by atoms with Gasteiger partial charge in [-0.05, 0) is 25.5 Å². The van der Waals surface area contributed by atoms with Crippen LogP contribution in [0.15, 0.2) is 23.9 Å². The van der Waals surface area contributed by atoms with Crippen LogP contribution >= 0.6 is 0 Å². The molecule has 2 rings (SSSR count). The van der Waals surface area contributed by atoms with Crippen LogP contribution in [0.4, 0.5) is 0 Å². The lowest BCUT2D eigenvalue weighted by Gasteiger charge is -2.35. The maximum atomic E-state index is 12.1. The zero-order valence-electron chi connectivity index (χ0n) is 16.8. The van der Waals surface area contributed by atoms with E-state index in [0.717, 1.165) is 25.7 Å². The molecular formula is C19H32N4O6. The van der Waals surface area contributed by atoms with Crippen LogP contribution in [0.25, 0.3) is 0 Å². The van der Waals surface area contributed by atoms with Crippen molar-refractivity contribution in [1.29, 1.82) is 0 Å². The molecule has 6 N–H and O–H groups in total. The van der Waals surface area contributed by atoms with Crippen molar-refractivity contribution >= 4 is 11.8 Å². The van der Waals surface area contributed by atoms with E-state index < -0.39 is 30.7 Å². The van der Waals surface area contributed by atoms with E-state index >= 15 is 0 Å². The first kappa shape index (κ1) is 23.3. The summed E-state index contributed by atoms with van der Waals surface area (Å²) in [6.45, 7) is 1.45. The molecular weight excluding hydrogens is 380 g/mol. The molecule has 29 heavy (non-hydrogen) atoms. The summed E-state index contributed by atoms with van der Waals surface area (Å²) in [5.74, 6) is -0.811. The third-order valence-electron chi connectivity index (χ3n) is 4.80. The molecule has 2 aliphatic rings. The average Bonchev–Trinajstić information content (AvgIpc) is 3.04. The number of hydrogen-bond acceptors (Lipinski definition) is 8. The Morgan fingerprint density at radius 2 is 2.17 bits per heavy atom. The van der Waals surface area contributed by atoms with Gasteiger partial charge in [0.2, 0.25) is 12.3 Å². The van der Waals surface area contributed by atoms with E-state index in [2.05, 4.69) is 10.6 Å². The fraction of sp³-hybridized carbons (Fsp3) is 0.684. The van der Waals surface area contributed by atoms with Crippen LogP contribution in [0.1, 0.15) is 32.1 Å². The first-order valence-corrected chi connectivity index (χ1v) is 9.93. The SMILES string of the molecule is COC[C@H]1O[C@@H](N2C=C(/C=C/C(=O)NCCCCCCN)C(=O)NC2O)CC1O. The molecule has 2 unspecified atom stereocenters. The molecule has 2 aliphatic heterocycles. The number of unbranched alkanes of at least 4 members (excludes halogenated alkanes) is 3. The van der Waals surface area contributed by atoms with Crippen molar-refractivity contribution in [2.75, 3.05) is 26.8 Å². The highest BCUT2D eigenvalue weighted by atomic mass is 16.6. The van der Waals surface area contributed by atoms with Gasteiger partial charge in [0.15, 0.2) is 0 Å². The highest BCUT2D eigenvalue weighted by Crippen LogP contribution is 2.26. The average molecular weight is 412 g/mol. The summed E-state index contributed by atoms with van der Waals surface area (Å²) in [4.78, 5) is 25.4. The Hall–Kier alpha value is -1.98. The predicted molar refractivity (Wildman–Crippen MR) is 105 cm³/mol. The fourth-order valence-corrected chi connectivity index (χ4v) is 3.20. The number of aliphatic hydroxyl groups excluding tert-OH is 2. The summed E-state index contributed by atoms with van der Waals surface area (Å²) in [7, 11) is 1.51. The summed E-state index contributed by atoms with van der Waals surface area (Å²) < 4.78 is 10.7. The Morgan fingerprint density at radius 3 is 2.90 bits per heavy atom. The lowest BCUT2D eigenvalue weighted by Crippen LogP contribution is -2.53. The van der Waals surface area contributed by atoms with Crippen molar-refractivity contribution in [3.63, 3.8) is 0 Å². The van der Waals surface area contributed by atoms with Crippen molar-refractivity contribution in [2.24, 2.45) is 5.73 Å². The topological polar surface area (TPSA) is 146 Å². The molecule has 0 aromatic heterocycles. The molecule has 0 aromatic rings. The zero-order chi connectivity index (χ0) is 21.2. The van der Waals surface area contributed by atoms with Crippen LogP contribution in [0.5, 0.6) is 0 Å². The van der Waals surface area contributed by atoms with Crippen LogP contribution in [-0.4, -0.2) is 78.5 Å². The zero-order valence-corrected chi connectivity index (χ0v) is 16.8. The van der Waals surface area contributed by atoms with Gasteiger partial charge in [-0.25, -0.2) is 0 Å². The maximum Gasteiger partial charge on any atom is 0.256 e. The molecule has 10 heteroatoms. The Bertz CT molecular complexity index is 612. The number of nitrogens with zero attached hydrogens (tertiary/aromatic N) is 1. The number of nitrogens with two attached hydrogens (primary N) is 1. The molecule has 10 nitrogen and oxygen atoms in total. The highest BCUT2D eigenvalue weighted by molar-refractivity contribution is 5.99. The molecule has 0 aliphatic carbocycles. The lowest BCUT2D eigenvalue weighted by molar-refractivity contribution is -0.143. The number of methoxy groups -OCH3 is 1. The molecule has 4 atom stereocenters. The standard InChI is InChI=1S/C19H32N4O6/c1-28-12-15-14(24)10-17(29-15)23-11-13(18(26)22-19(23)27)6-7-16(25)21-9-5-3-2-4-8-20/h6-7,11,14-15,17,19,24,27H,2-5,8-10,12,20H2,1H3,(H,21,25)(H,22,26)/b7-6+/t14?,15-,17-,19?/m1/s1. The Kier molecular flexibility index (Phi) is 9.55. The van der Waals surface area contributed by atoms with E-state index in [1.807, 2.05) is 0 Å². The summed E-state index contributed by atoms with van der Waals surface area (Å²) in [5.41, 5.74) is 5.63. The fourth-order valence-electron chi connectivity index (χ4n) is 3.20. The molecule has 0 spiro atoms. The van der Waals surface area contributed by atoms with Gasteiger partial charge in [-0.2, -0.15) is 0 Å². The maximum absolute atomic E-state index is 12.1.